The highest BCUT2D eigenvalue weighted by atomic mass is 35.5. The maximum absolute atomic E-state index is 13.5. The quantitative estimate of drug-likeness (QED) is 0.826. The van der Waals surface area contributed by atoms with Crippen molar-refractivity contribution in [2.45, 2.75) is 33.2 Å². The molecular weight excluding hydrogens is 261 g/mol. The van der Waals surface area contributed by atoms with Gasteiger partial charge in [-0.05, 0) is 17.0 Å². The number of aromatic nitrogens is 2. The Morgan fingerprint density at radius 3 is 2.72 bits per heavy atom. The second kappa shape index (κ2) is 5.48. The molecule has 0 aliphatic heterocycles. The van der Waals surface area contributed by atoms with Crippen LogP contribution in [-0.4, -0.2) is 27.1 Å². The molecule has 0 amide bonds. The molecule has 0 aliphatic carbocycles. The molecule has 7 heteroatoms. The SMILES string of the molecule is CC(C)(C)[C@@H](CC(=O)O)Nc1nc(Cl)ncc1F. The second-order valence-electron chi connectivity index (χ2n) is 5.00. The molecule has 100 valence electrons. The molecule has 0 spiro atoms. The van der Waals surface area contributed by atoms with Gasteiger partial charge in [0.15, 0.2) is 11.6 Å². The molecule has 0 saturated heterocycles. The average Bonchev–Trinajstić information content (AvgIpc) is 2.20. The highest BCUT2D eigenvalue weighted by molar-refractivity contribution is 6.28. The maximum atomic E-state index is 13.5. The van der Waals surface area contributed by atoms with Gasteiger partial charge in [-0.25, -0.2) is 9.37 Å². The number of halogens is 2. The van der Waals surface area contributed by atoms with Gasteiger partial charge in [0.1, 0.15) is 0 Å². The summed E-state index contributed by atoms with van der Waals surface area (Å²) in [6.45, 7) is 5.57. The Morgan fingerprint density at radius 1 is 1.61 bits per heavy atom. The van der Waals surface area contributed by atoms with Crippen molar-refractivity contribution in [3.05, 3.63) is 17.3 Å². The number of carbonyl (C=O) groups is 1. The lowest BCUT2D eigenvalue weighted by atomic mass is 9.85. The summed E-state index contributed by atoms with van der Waals surface area (Å²) in [4.78, 5) is 18.0. The van der Waals surface area contributed by atoms with Crippen LogP contribution in [0.3, 0.4) is 0 Å². The largest absolute Gasteiger partial charge is 0.481 e. The van der Waals surface area contributed by atoms with Crippen molar-refractivity contribution < 1.29 is 14.3 Å². The van der Waals surface area contributed by atoms with E-state index in [1.165, 1.54) is 0 Å². The first-order valence-corrected chi connectivity index (χ1v) is 5.74. The Morgan fingerprint density at radius 2 is 2.22 bits per heavy atom. The molecular formula is C11H15ClFN3O2. The van der Waals surface area contributed by atoms with Gasteiger partial charge in [-0.15, -0.1) is 0 Å². The highest BCUT2D eigenvalue weighted by Crippen LogP contribution is 2.26. The van der Waals surface area contributed by atoms with Gasteiger partial charge in [-0.3, -0.25) is 4.79 Å². The van der Waals surface area contributed by atoms with Crippen LogP contribution in [0.1, 0.15) is 27.2 Å². The molecule has 0 fully saturated rings. The Labute approximate surface area is 109 Å². The van der Waals surface area contributed by atoms with Crippen LogP contribution < -0.4 is 5.32 Å². The van der Waals surface area contributed by atoms with Crippen LogP contribution in [0.25, 0.3) is 0 Å². The number of anilines is 1. The van der Waals surface area contributed by atoms with Crippen LogP contribution in [0.15, 0.2) is 6.20 Å². The van der Waals surface area contributed by atoms with Crippen LogP contribution >= 0.6 is 11.6 Å². The van der Waals surface area contributed by atoms with E-state index in [9.17, 15) is 9.18 Å². The highest BCUT2D eigenvalue weighted by Gasteiger charge is 2.28. The number of hydrogen-bond acceptors (Lipinski definition) is 4. The van der Waals surface area contributed by atoms with Crippen LogP contribution in [0.4, 0.5) is 10.2 Å². The van der Waals surface area contributed by atoms with E-state index in [1.807, 2.05) is 20.8 Å². The lowest BCUT2D eigenvalue weighted by Gasteiger charge is -2.30. The minimum absolute atomic E-state index is 0.0869. The van der Waals surface area contributed by atoms with Crippen molar-refractivity contribution in [1.82, 2.24) is 9.97 Å². The second-order valence-corrected chi connectivity index (χ2v) is 5.33. The summed E-state index contributed by atoms with van der Waals surface area (Å²) < 4.78 is 13.5. The van der Waals surface area contributed by atoms with Crippen LogP contribution in [0, 0.1) is 11.2 Å². The van der Waals surface area contributed by atoms with E-state index in [-0.39, 0.29) is 22.9 Å². The number of rotatable bonds is 4. The van der Waals surface area contributed by atoms with Crippen molar-refractivity contribution in [2.24, 2.45) is 5.41 Å². The zero-order valence-corrected chi connectivity index (χ0v) is 11.1. The molecule has 1 rings (SSSR count). The summed E-state index contributed by atoms with van der Waals surface area (Å²) in [7, 11) is 0. The summed E-state index contributed by atoms with van der Waals surface area (Å²) in [5.74, 6) is -1.72. The summed E-state index contributed by atoms with van der Waals surface area (Å²) in [5.41, 5.74) is -0.373. The van der Waals surface area contributed by atoms with Crippen LogP contribution in [0.5, 0.6) is 0 Å². The number of carboxylic acid groups (broad SMARTS) is 1. The minimum Gasteiger partial charge on any atom is -0.481 e. The third kappa shape index (κ3) is 4.10. The van der Waals surface area contributed by atoms with Gasteiger partial charge in [0, 0.05) is 6.04 Å². The van der Waals surface area contributed by atoms with E-state index in [2.05, 4.69) is 15.3 Å². The molecule has 1 heterocycles. The predicted octanol–water partition coefficient (Wildman–Crippen LogP) is 2.57. The van der Waals surface area contributed by atoms with Crippen molar-refractivity contribution in [3.8, 4) is 0 Å². The fourth-order valence-corrected chi connectivity index (χ4v) is 1.49. The number of carboxylic acids is 1. The van der Waals surface area contributed by atoms with Gasteiger partial charge < -0.3 is 10.4 Å². The molecule has 0 radical (unpaired) electrons. The zero-order chi connectivity index (χ0) is 13.9. The summed E-state index contributed by atoms with van der Waals surface area (Å²) in [6.07, 6.45) is 0.794. The van der Waals surface area contributed by atoms with Crippen LogP contribution in [0.2, 0.25) is 5.28 Å². The molecule has 0 saturated carbocycles. The Kier molecular flexibility index (Phi) is 4.45. The molecule has 18 heavy (non-hydrogen) atoms. The van der Waals surface area contributed by atoms with E-state index < -0.39 is 17.8 Å². The van der Waals surface area contributed by atoms with E-state index in [4.69, 9.17) is 16.7 Å². The molecule has 0 bridgehead atoms. The number of nitrogens with one attached hydrogen (secondary N) is 1. The summed E-state index contributed by atoms with van der Waals surface area (Å²) >= 11 is 5.58. The maximum Gasteiger partial charge on any atom is 0.305 e. The fraction of sp³-hybridized carbons (Fsp3) is 0.545. The topological polar surface area (TPSA) is 75.1 Å². The normalized spacial score (nSPS) is 13.2. The number of nitrogens with zero attached hydrogens (tertiary/aromatic N) is 2. The summed E-state index contributed by atoms with van der Waals surface area (Å²) in [5, 5.41) is 11.5. The van der Waals surface area contributed by atoms with Gasteiger partial charge in [-0.1, -0.05) is 20.8 Å². The van der Waals surface area contributed by atoms with Crippen molar-refractivity contribution in [2.75, 3.05) is 5.32 Å². The van der Waals surface area contributed by atoms with Gasteiger partial charge in [0.05, 0.1) is 12.6 Å². The van der Waals surface area contributed by atoms with Gasteiger partial charge in [-0.2, -0.15) is 4.98 Å². The van der Waals surface area contributed by atoms with E-state index in [0.717, 1.165) is 6.20 Å². The first-order valence-electron chi connectivity index (χ1n) is 5.36. The minimum atomic E-state index is -0.969. The van der Waals surface area contributed by atoms with Crippen molar-refractivity contribution in [3.63, 3.8) is 0 Å². The molecule has 0 aliphatic rings. The van der Waals surface area contributed by atoms with Gasteiger partial charge in [0.25, 0.3) is 0 Å². The van der Waals surface area contributed by atoms with Crippen molar-refractivity contribution in [1.29, 1.82) is 0 Å². The Balaban J connectivity index is 2.96. The molecule has 1 aromatic heterocycles. The monoisotopic (exact) mass is 275 g/mol. The summed E-state index contributed by atoms with van der Waals surface area (Å²) in [6, 6.07) is -0.476. The van der Waals surface area contributed by atoms with E-state index in [1.54, 1.807) is 0 Å². The lowest BCUT2D eigenvalue weighted by molar-refractivity contribution is -0.137. The molecule has 0 unspecified atom stereocenters. The Hall–Kier alpha value is -1.43. The third-order valence-electron chi connectivity index (χ3n) is 2.45. The van der Waals surface area contributed by atoms with Gasteiger partial charge in [0.2, 0.25) is 5.28 Å². The predicted molar refractivity (Wildman–Crippen MR) is 66.1 cm³/mol. The van der Waals surface area contributed by atoms with E-state index in [0.29, 0.717) is 0 Å². The smallest absolute Gasteiger partial charge is 0.305 e. The fourth-order valence-electron chi connectivity index (χ4n) is 1.36. The van der Waals surface area contributed by atoms with E-state index >= 15 is 0 Å². The Bertz CT molecular complexity index is 448. The first kappa shape index (κ1) is 14.6. The van der Waals surface area contributed by atoms with Crippen LogP contribution in [-0.2, 0) is 4.79 Å². The molecule has 2 N–H and O–H groups in total. The van der Waals surface area contributed by atoms with Gasteiger partial charge >= 0.3 is 5.97 Å². The van der Waals surface area contributed by atoms with Crippen molar-refractivity contribution >= 4 is 23.4 Å². The number of hydrogen-bond donors (Lipinski definition) is 2. The first-order chi connectivity index (χ1) is 8.20. The molecule has 0 aromatic carbocycles. The number of aliphatic carboxylic acids is 1. The standard InChI is InChI=1S/C11H15ClFN3O2/c1-11(2,3)7(4-8(17)18)15-9-6(13)5-14-10(12)16-9/h5,7H,4H2,1-3H3,(H,17,18)(H,14,15,16)/t7-/m1/s1. The molecule has 5 nitrogen and oxygen atoms in total. The molecule has 1 atom stereocenters. The molecule has 1 aromatic rings. The lowest BCUT2D eigenvalue weighted by Crippen LogP contribution is -2.36. The third-order valence-corrected chi connectivity index (χ3v) is 2.63. The average molecular weight is 276 g/mol. The zero-order valence-electron chi connectivity index (χ0n) is 10.4.